The first-order valence-electron chi connectivity index (χ1n) is 7.02. The fourth-order valence-electron chi connectivity index (χ4n) is 2.27. The van der Waals surface area contributed by atoms with Crippen LogP contribution >= 0.6 is 11.6 Å². The highest BCUT2D eigenvalue weighted by Gasteiger charge is 2.22. The van der Waals surface area contributed by atoms with E-state index in [4.69, 9.17) is 11.6 Å². The minimum atomic E-state index is -0.0606. The maximum atomic E-state index is 12.5. The van der Waals surface area contributed by atoms with Crippen LogP contribution in [0.3, 0.4) is 0 Å². The largest absolute Gasteiger partial charge is 0.375 e. The molecule has 2 rings (SSSR count). The molecule has 1 aromatic carbocycles. The van der Waals surface area contributed by atoms with Crippen LogP contribution < -0.4 is 5.32 Å². The smallest absolute Gasteiger partial charge is 0.255 e. The summed E-state index contributed by atoms with van der Waals surface area (Å²) in [5.41, 5.74) is 1.17. The monoisotopic (exact) mass is 309 g/mol. The maximum absolute atomic E-state index is 12.5. The van der Waals surface area contributed by atoms with Crippen molar-refractivity contribution < 1.29 is 9.59 Å². The molecule has 0 spiro atoms. The fourth-order valence-corrected chi connectivity index (χ4v) is 2.44. The molecule has 2 amide bonds. The number of hydrogen-bond donors (Lipinski definition) is 1. The van der Waals surface area contributed by atoms with Gasteiger partial charge in [-0.25, -0.2) is 0 Å². The summed E-state index contributed by atoms with van der Waals surface area (Å²) in [6.45, 7) is 1.71. The third kappa shape index (κ3) is 3.88. The third-order valence-corrected chi connectivity index (χ3v) is 3.77. The lowest BCUT2D eigenvalue weighted by atomic mass is 10.1. The Labute approximate surface area is 129 Å². The van der Waals surface area contributed by atoms with Gasteiger partial charge in [0.05, 0.1) is 12.1 Å². The first-order chi connectivity index (χ1) is 9.99. The average Bonchev–Trinajstić information content (AvgIpc) is 2.98. The Morgan fingerprint density at radius 3 is 2.57 bits per heavy atom. The predicted molar refractivity (Wildman–Crippen MR) is 83.8 cm³/mol. The number of nitrogens with one attached hydrogen (secondary N) is 1. The van der Waals surface area contributed by atoms with Crippen molar-refractivity contribution in [3.05, 3.63) is 28.8 Å². The summed E-state index contributed by atoms with van der Waals surface area (Å²) in [4.78, 5) is 27.5. The zero-order valence-electron chi connectivity index (χ0n) is 12.4. The van der Waals surface area contributed by atoms with Crippen molar-refractivity contribution >= 4 is 29.1 Å². The predicted octanol–water partition coefficient (Wildman–Crippen LogP) is 2.08. The van der Waals surface area contributed by atoms with Crippen LogP contribution in [0.5, 0.6) is 0 Å². The normalized spacial score (nSPS) is 14.1. The molecule has 0 atom stereocenters. The number of benzene rings is 1. The molecule has 1 aliphatic heterocycles. The van der Waals surface area contributed by atoms with Gasteiger partial charge < -0.3 is 15.1 Å². The van der Waals surface area contributed by atoms with Gasteiger partial charge in [0.2, 0.25) is 5.91 Å². The van der Waals surface area contributed by atoms with Crippen molar-refractivity contribution in [2.75, 3.05) is 39.0 Å². The van der Waals surface area contributed by atoms with E-state index in [2.05, 4.69) is 5.32 Å². The number of amides is 2. The molecule has 1 heterocycles. The van der Waals surface area contributed by atoms with Gasteiger partial charge in [-0.2, -0.15) is 0 Å². The number of halogens is 1. The number of carbonyl (C=O) groups is 2. The molecule has 0 aromatic heterocycles. The first-order valence-corrected chi connectivity index (χ1v) is 7.39. The molecule has 1 aromatic rings. The second-order valence-electron chi connectivity index (χ2n) is 5.33. The van der Waals surface area contributed by atoms with Gasteiger partial charge >= 0.3 is 0 Å². The molecular formula is C15H20ClN3O2. The van der Waals surface area contributed by atoms with E-state index in [1.165, 1.54) is 4.90 Å². The summed E-state index contributed by atoms with van der Waals surface area (Å²) < 4.78 is 0. The molecule has 5 nitrogen and oxygen atoms in total. The molecule has 0 radical (unpaired) electrons. The van der Waals surface area contributed by atoms with E-state index in [1.807, 2.05) is 4.90 Å². The van der Waals surface area contributed by atoms with Crippen LogP contribution in [0.25, 0.3) is 0 Å². The Kier molecular flexibility index (Phi) is 5.07. The van der Waals surface area contributed by atoms with E-state index >= 15 is 0 Å². The topological polar surface area (TPSA) is 52.7 Å². The van der Waals surface area contributed by atoms with Gasteiger partial charge in [-0.3, -0.25) is 9.59 Å². The Hall–Kier alpha value is -1.75. The van der Waals surface area contributed by atoms with Crippen LogP contribution in [-0.4, -0.2) is 55.3 Å². The van der Waals surface area contributed by atoms with E-state index < -0.39 is 0 Å². The van der Waals surface area contributed by atoms with Crippen molar-refractivity contribution in [2.45, 2.75) is 12.8 Å². The van der Waals surface area contributed by atoms with Gasteiger partial charge in [-0.15, -0.1) is 0 Å². The van der Waals surface area contributed by atoms with Crippen LogP contribution in [-0.2, 0) is 4.79 Å². The third-order valence-electron chi connectivity index (χ3n) is 3.53. The quantitative estimate of drug-likeness (QED) is 0.926. The van der Waals surface area contributed by atoms with Crippen LogP contribution in [0.2, 0.25) is 5.02 Å². The molecular weight excluding hydrogens is 290 g/mol. The lowest BCUT2D eigenvalue weighted by Crippen LogP contribution is -2.31. The summed E-state index contributed by atoms with van der Waals surface area (Å²) in [6, 6.07) is 5.10. The number of likely N-dealkylation sites (N-methyl/N-ethyl adjacent to an activating group) is 1. The van der Waals surface area contributed by atoms with Gasteiger partial charge in [0.1, 0.15) is 0 Å². The highest BCUT2D eigenvalue weighted by Crippen LogP contribution is 2.24. The number of carbonyl (C=O) groups excluding carboxylic acids is 2. The van der Waals surface area contributed by atoms with E-state index in [-0.39, 0.29) is 18.4 Å². The number of hydrogen-bond acceptors (Lipinski definition) is 3. The highest BCUT2D eigenvalue weighted by molar-refractivity contribution is 6.31. The Bertz CT molecular complexity index is 540. The maximum Gasteiger partial charge on any atom is 0.255 e. The molecule has 1 fully saturated rings. The zero-order valence-corrected chi connectivity index (χ0v) is 13.1. The Balaban J connectivity index is 2.16. The Morgan fingerprint density at radius 2 is 1.95 bits per heavy atom. The van der Waals surface area contributed by atoms with Crippen molar-refractivity contribution in [3.63, 3.8) is 0 Å². The Morgan fingerprint density at radius 1 is 1.29 bits per heavy atom. The molecule has 21 heavy (non-hydrogen) atoms. The molecule has 0 bridgehead atoms. The highest BCUT2D eigenvalue weighted by atomic mass is 35.5. The van der Waals surface area contributed by atoms with Gasteiger partial charge in [0, 0.05) is 37.9 Å². The first kappa shape index (κ1) is 15.6. The molecule has 0 unspecified atom stereocenters. The van der Waals surface area contributed by atoms with Crippen molar-refractivity contribution in [3.8, 4) is 0 Å². The standard InChI is InChI=1S/C15H20ClN3O2/c1-18(2)14(20)10-17-13-9-11(16)5-6-12(13)15(21)19-7-3-4-8-19/h5-6,9,17H,3-4,7-8,10H2,1-2H3. The van der Waals surface area contributed by atoms with Gasteiger partial charge in [0.25, 0.3) is 5.91 Å². The lowest BCUT2D eigenvalue weighted by Gasteiger charge is -2.19. The molecule has 1 saturated heterocycles. The van der Waals surface area contributed by atoms with Crippen LogP contribution in [0, 0.1) is 0 Å². The molecule has 0 aliphatic carbocycles. The number of rotatable bonds is 4. The number of nitrogens with zero attached hydrogens (tertiary/aromatic N) is 2. The minimum Gasteiger partial charge on any atom is -0.375 e. The summed E-state index contributed by atoms with van der Waals surface area (Å²) >= 11 is 6.00. The van der Waals surface area contributed by atoms with Crippen molar-refractivity contribution in [1.82, 2.24) is 9.80 Å². The van der Waals surface area contributed by atoms with Gasteiger partial charge in [0.15, 0.2) is 0 Å². The van der Waals surface area contributed by atoms with Gasteiger partial charge in [-0.05, 0) is 31.0 Å². The molecule has 6 heteroatoms. The fraction of sp³-hybridized carbons (Fsp3) is 0.467. The lowest BCUT2D eigenvalue weighted by molar-refractivity contribution is -0.126. The second kappa shape index (κ2) is 6.80. The van der Waals surface area contributed by atoms with E-state index in [0.717, 1.165) is 25.9 Å². The number of likely N-dealkylation sites (tertiary alicyclic amines) is 1. The summed E-state index contributed by atoms with van der Waals surface area (Å²) in [7, 11) is 3.39. The van der Waals surface area contributed by atoms with Crippen LogP contribution in [0.1, 0.15) is 23.2 Å². The summed E-state index contributed by atoms with van der Waals surface area (Å²) in [5, 5.41) is 3.55. The second-order valence-corrected chi connectivity index (χ2v) is 5.77. The average molecular weight is 310 g/mol. The molecule has 1 N–H and O–H groups in total. The minimum absolute atomic E-state index is 0.0102. The zero-order chi connectivity index (χ0) is 15.4. The van der Waals surface area contributed by atoms with E-state index in [1.54, 1.807) is 32.3 Å². The van der Waals surface area contributed by atoms with E-state index in [9.17, 15) is 9.59 Å². The van der Waals surface area contributed by atoms with Crippen LogP contribution in [0.15, 0.2) is 18.2 Å². The van der Waals surface area contributed by atoms with E-state index in [0.29, 0.717) is 16.3 Å². The summed E-state index contributed by atoms with van der Waals surface area (Å²) in [5.74, 6) is -0.0708. The number of anilines is 1. The SMILES string of the molecule is CN(C)C(=O)CNc1cc(Cl)ccc1C(=O)N1CCCC1. The molecule has 0 saturated carbocycles. The molecule has 1 aliphatic rings. The van der Waals surface area contributed by atoms with Gasteiger partial charge in [-0.1, -0.05) is 11.6 Å². The van der Waals surface area contributed by atoms with Crippen molar-refractivity contribution in [2.24, 2.45) is 0 Å². The van der Waals surface area contributed by atoms with Crippen molar-refractivity contribution in [1.29, 1.82) is 0 Å². The summed E-state index contributed by atoms with van der Waals surface area (Å²) in [6.07, 6.45) is 2.09. The molecule has 114 valence electrons. The van der Waals surface area contributed by atoms with Crippen LogP contribution in [0.4, 0.5) is 5.69 Å².